The number of benzene rings is 2. The van der Waals surface area contributed by atoms with Crippen LogP contribution in [0.15, 0.2) is 84.0 Å². The van der Waals surface area contributed by atoms with Gasteiger partial charge in [-0.3, -0.25) is 14.4 Å². The SMILES string of the molecule is COC[C@@H]1C[C@@H]2[C@H](CC[C@]3(C)C(=O)CC[C@@H]23)[C@@]2(C)C=CC(=O)C=C12.COC[C@@H]1C[C@H]2[C@@H]3CC[C@H](O)[C@@]3(C)CC[C@@H]2[C@@]2(C)C=CC(=O)C=C12.COC[C@@H]1C[C@H]2[C@@H]3CC[C@H](O)[C@@]3(C)CC[C@@H]2[C@@]2(C)CCC(O)CC12.C[C@]12CC[C@@H]3c4ccc(O)cc4[C@@H](CO)C[C@H]3[C@@H]1CC[C@@H]2O.C[C@]12CC[C@@H]3c4ccc(O)cc4[C@H](CO)C[C@H]3[C@@H]1CC[C@@H]2O. The number of fused-ring (bicyclic) bond motifs is 25. The van der Waals surface area contributed by atoms with Crippen LogP contribution in [0, 0.1) is 144 Å². The number of hydrogen-bond acceptors (Lipinski definition) is 15. The van der Waals surface area contributed by atoms with Gasteiger partial charge in [-0.2, -0.15) is 0 Å². The molecule has 0 saturated heterocycles. The van der Waals surface area contributed by atoms with Crippen LogP contribution >= 0.6 is 0 Å². The Balaban J connectivity index is 0.000000109. The first-order chi connectivity index (χ1) is 55.3. The number of rotatable bonds is 8. The molecule has 14 saturated carbocycles. The first-order valence-corrected chi connectivity index (χ1v) is 46.5. The highest BCUT2D eigenvalue weighted by atomic mass is 16.5. The molecule has 0 spiro atoms. The molecular weight excluding hydrogens is 1450 g/mol. The molecule has 116 heavy (non-hydrogen) atoms. The van der Waals surface area contributed by atoms with E-state index in [1.165, 1.54) is 54.4 Å². The minimum absolute atomic E-state index is 0.0190. The summed E-state index contributed by atoms with van der Waals surface area (Å²) in [6.45, 7) is 21.1. The van der Waals surface area contributed by atoms with Crippen LogP contribution in [-0.4, -0.2) is 148 Å². The van der Waals surface area contributed by atoms with Gasteiger partial charge in [-0.25, -0.2) is 0 Å². The lowest BCUT2D eigenvalue weighted by atomic mass is 9.43. The monoisotopic (exact) mass is 1600 g/mol. The number of hydrogen-bond donors (Lipinski definition) is 9. The van der Waals surface area contributed by atoms with Gasteiger partial charge < -0.3 is 60.2 Å². The fourth-order valence-corrected chi connectivity index (χ4v) is 32.9. The highest BCUT2D eigenvalue weighted by molar-refractivity contribution is 6.02. The van der Waals surface area contributed by atoms with E-state index in [0.717, 1.165) is 177 Å². The van der Waals surface area contributed by atoms with Crippen molar-refractivity contribution in [3.63, 3.8) is 0 Å². The normalized spacial score (nSPS) is 48.3. The summed E-state index contributed by atoms with van der Waals surface area (Å²) >= 11 is 0. The summed E-state index contributed by atoms with van der Waals surface area (Å²) in [5.41, 5.74) is 8.06. The Hall–Kier alpha value is -4.39. The van der Waals surface area contributed by atoms with Gasteiger partial charge in [-0.05, 0) is 372 Å². The van der Waals surface area contributed by atoms with Crippen LogP contribution in [0.5, 0.6) is 11.5 Å². The Labute approximate surface area is 693 Å². The third-order valence-electron chi connectivity index (χ3n) is 39.1. The number of carbonyl (C=O) groups excluding carboxylic acids is 3. The molecule has 2 aromatic rings. The van der Waals surface area contributed by atoms with E-state index in [-0.39, 0.29) is 105 Å². The lowest BCUT2D eigenvalue weighted by molar-refractivity contribution is -0.162. The van der Waals surface area contributed by atoms with Crippen molar-refractivity contribution in [3.8, 4) is 11.5 Å². The van der Waals surface area contributed by atoms with E-state index in [1.54, 1.807) is 38.5 Å². The van der Waals surface area contributed by atoms with Crippen molar-refractivity contribution in [3.05, 3.63) is 106 Å². The molecule has 0 aliphatic heterocycles. The van der Waals surface area contributed by atoms with Crippen LogP contribution < -0.4 is 0 Å². The highest BCUT2D eigenvalue weighted by Gasteiger charge is 2.66. The van der Waals surface area contributed by atoms with Crippen molar-refractivity contribution in [1.29, 1.82) is 0 Å². The Morgan fingerprint density at radius 2 is 0.750 bits per heavy atom. The van der Waals surface area contributed by atoms with Gasteiger partial charge in [-0.1, -0.05) is 90.8 Å². The molecule has 15 heteroatoms. The number of ketones is 3. The first-order valence-electron chi connectivity index (χ1n) is 46.5. The Morgan fingerprint density at radius 3 is 1.19 bits per heavy atom. The second kappa shape index (κ2) is 32.4. The smallest absolute Gasteiger partial charge is 0.178 e. The van der Waals surface area contributed by atoms with Gasteiger partial charge in [0.15, 0.2) is 11.6 Å². The molecular formula is C101H146O15. The molecule has 0 aromatic heterocycles. The fourth-order valence-electron chi connectivity index (χ4n) is 32.9. The molecule has 0 radical (unpaired) electrons. The average molecular weight is 1600 g/mol. The van der Waals surface area contributed by atoms with E-state index < -0.39 is 0 Å². The Bertz CT molecular complexity index is 3980. The maximum atomic E-state index is 12.5. The van der Waals surface area contributed by atoms with Gasteiger partial charge in [0.05, 0.1) is 43.7 Å². The van der Waals surface area contributed by atoms with E-state index in [9.17, 15) is 60.3 Å². The zero-order valence-corrected chi connectivity index (χ0v) is 72.2. The molecule has 640 valence electrons. The van der Waals surface area contributed by atoms with Crippen LogP contribution in [0.25, 0.3) is 0 Å². The number of carbonyl (C=O) groups is 3. The van der Waals surface area contributed by atoms with E-state index in [2.05, 4.69) is 79.7 Å². The van der Waals surface area contributed by atoms with Crippen molar-refractivity contribution in [1.82, 2.24) is 0 Å². The zero-order chi connectivity index (χ0) is 82.3. The lowest BCUT2D eigenvalue weighted by Crippen LogP contribution is -2.57. The van der Waals surface area contributed by atoms with Crippen LogP contribution in [0.3, 0.4) is 0 Å². The summed E-state index contributed by atoms with van der Waals surface area (Å²) < 4.78 is 16.6. The van der Waals surface area contributed by atoms with Gasteiger partial charge in [0, 0.05) is 87.5 Å². The van der Waals surface area contributed by atoms with Gasteiger partial charge in [0.25, 0.3) is 0 Å². The van der Waals surface area contributed by atoms with Crippen LogP contribution in [-0.2, 0) is 28.6 Å². The lowest BCUT2D eigenvalue weighted by Gasteiger charge is -2.62. The molecule has 2 aromatic carbocycles. The number of ether oxygens (including phenoxy) is 3. The summed E-state index contributed by atoms with van der Waals surface area (Å²) in [5, 5.41) is 91.7. The van der Waals surface area contributed by atoms with Crippen molar-refractivity contribution in [2.24, 2.45) is 144 Å². The maximum Gasteiger partial charge on any atom is 0.178 e. The molecule has 0 amide bonds. The summed E-state index contributed by atoms with van der Waals surface area (Å²) in [6, 6.07) is 11.4. The highest BCUT2D eigenvalue weighted by Crippen LogP contribution is 2.71. The standard InChI is InChI=1S/C21H36O3.C21H30O3.C21H28O3.2C19H26O3/c3*1-20-8-6-14(22)11-18(20)13(12-24-3)10-15-16-4-5-19(23)21(16,2)9-7-17(15)20;2*1-19-7-6-14-13-3-2-12(21)9-15(13)11(10-20)8-16(14)17(19)4-5-18(19)22/h13-19,22-23H,4-12H2,1-3H3;6,8,11,13,15-17,19,23H,4-5,7,9-10,12H2,1-3H3;6,8,11,13,15-17H,4-5,7,9-10,12H2,1-3H3;2*2-3,9,11,14,16-18,20-22H,4-8,10H2,1H3/t13-,14?,15-,16-,17-,18?,19-,20+,21-;13-,15-,16-,17-,19-,20+,21-;13-,15-,16-,17-,20+,21-;11-,14+,16+,17-,18-,19-;11-,14-,16-,17+,18+,19+/m00001/s1. The number of methoxy groups -OCH3 is 3. The van der Waals surface area contributed by atoms with E-state index in [0.29, 0.717) is 137 Å². The molecule has 2 unspecified atom stereocenters. The van der Waals surface area contributed by atoms with Gasteiger partial charge in [-0.15, -0.1) is 0 Å². The summed E-state index contributed by atoms with van der Waals surface area (Å²) in [6.07, 6.45) is 40.9. The average Bonchev–Trinajstić information content (AvgIpc) is 1.30. The minimum atomic E-state index is -0.160. The largest absolute Gasteiger partial charge is 0.508 e. The molecule has 9 N–H and O–H groups in total. The predicted molar refractivity (Wildman–Crippen MR) is 450 cm³/mol. The third-order valence-corrected chi connectivity index (χ3v) is 39.1. The summed E-state index contributed by atoms with van der Waals surface area (Å²) in [7, 11) is 5.33. The first kappa shape index (κ1) is 85.2. The van der Waals surface area contributed by atoms with Crippen molar-refractivity contribution >= 4 is 17.3 Å². The minimum Gasteiger partial charge on any atom is -0.508 e. The fraction of sp³-hybridized carbons (Fsp3) is 0.772. The zero-order valence-electron chi connectivity index (χ0n) is 72.2. The number of aliphatic hydroxyl groups is 7. The van der Waals surface area contributed by atoms with Crippen LogP contribution in [0.4, 0.5) is 0 Å². The number of allylic oxidation sites excluding steroid dienone is 6. The molecule has 18 aliphatic rings. The number of phenolic OH excluding ortho intramolecular Hbond substituents is 2. The molecule has 0 heterocycles. The Kier molecular flexibility index (Phi) is 23.8. The van der Waals surface area contributed by atoms with Gasteiger partial charge in [0.2, 0.25) is 0 Å². The Morgan fingerprint density at radius 1 is 0.371 bits per heavy atom. The molecule has 34 atom stereocenters. The topological polar surface area (TPSA) is 261 Å². The van der Waals surface area contributed by atoms with Crippen LogP contribution in [0.1, 0.15) is 281 Å². The van der Waals surface area contributed by atoms with Gasteiger partial charge >= 0.3 is 0 Å². The molecule has 20 rings (SSSR count). The van der Waals surface area contributed by atoms with Crippen molar-refractivity contribution in [2.75, 3.05) is 54.4 Å². The van der Waals surface area contributed by atoms with E-state index in [1.807, 2.05) is 31.4 Å². The number of aromatic hydroxyl groups is 2. The number of aliphatic hydroxyl groups excluding tert-OH is 7. The number of Topliss-reactive ketones (excluding diaryl/α,β-unsaturated/α-hetero) is 1. The van der Waals surface area contributed by atoms with E-state index >= 15 is 0 Å². The quantitative estimate of drug-likeness (QED) is 0.119. The predicted octanol–water partition coefficient (Wildman–Crippen LogP) is 17.2. The second-order valence-electron chi connectivity index (χ2n) is 43.7. The summed E-state index contributed by atoms with van der Waals surface area (Å²) in [5.74, 6) is 12.4. The molecule has 18 aliphatic carbocycles. The molecule has 0 bridgehead atoms. The van der Waals surface area contributed by atoms with Gasteiger partial charge in [0.1, 0.15) is 17.3 Å². The van der Waals surface area contributed by atoms with Crippen LogP contribution in [0.2, 0.25) is 0 Å². The molecule has 14 fully saturated rings. The molecule has 15 nitrogen and oxygen atoms in total. The summed E-state index contributed by atoms with van der Waals surface area (Å²) in [4.78, 5) is 36.5. The maximum absolute atomic E-state index is 12.5. The second-order valence-corrected chi connectivity index (χ2v) is 43.7. The van der Waals surface area contributed by atoms with Crippen molar-refractivity contribution < 1.29 is 74.6 Å². The third kappa shape index (κ3) is 14.0. The number of phenols is 2. The van der Waals surface area contributed by atoms with Crippen molar-refractivity contribution in [2.45, 2.75) is 289 Å². The van der Waals surface area contributed by atoms with E-state index in [4.69, 9.17) is 14.2 Å².